The molecule has 2 aromatic rings. The van der Waals surface area contributed by atoms with Crippen LogP contribution < -0.4 is 51.4 Å². The van der Waals surface area contributed by atoms with Gasteiger partial charge in [0.1, 0.15) is 10.6 Å². The summed E-state index contributed by atoms with van der Waals surface area (Å²) in [5.41, 5.74) is 0. The number of aromatic hydroxyl groups is 1. The van der Waals surface area contributed by atoms with Gasteiger partial charge in [0.2, 0.25) is 0 Å². The molecule has 86 valence electrons. The molecule has 0 bridgehead atoms. The average Bonchev–Trinajstić information content (AvgIpc) is 2.22. The van der Waals surface area contributed by atoms with Crippen molar-refractivity contribution in [2.45, 2.75) is 4.90 Å². The summed E-state index contributed by atoms with van der Waals surface area (Å²) < 4.78 is 31.5. The second kappa shape index (κ2) is 5.66. The molecule has 0 heterocycles. The number of hydrogen-bond acceptors (Lipinski definition) is 3. The first-order valence-electron chi connectivity index (χ1n) is 4.29. The molecule has 0 radical (unpaired) electrons. The Balaban J connectivity index is 0.00000144. The van der Waals surface area contributed by atoms with Gasteiger partial charge < -0.3 is 6.53 Å². The minimum absolute atomic E-state index is 0. The van der Waals surface area contributed by atoms with E-state index < -0.39 is 20.8 Å². The van der Waals surface area contributed by atoms with Crippen LogP contribution in [0, 0.1) is 0 Å². The molecule has 0 aliphatic rings. The van der Waals surface area contributed by atoms with Crippen molar-refractivity contribution in [3.63, 3.8) is 0 Å². The monoisotopic (exact) mass is 342 g/mol. The number of fused-ring (bicyclic) bond motifs is 1. The molecule has 0 aliphatic carbocycles. The third-order valence-corrected chi connectivity index (χ3v) is 3.73. The number of phenols is 1. The molecule has 0 atom stereocenters. The minimum atomic E-state index is -4.43. The van der Waals surface area contributed by atoms with Gasteiger partial charge in [-0.3, -0.25) is 4.55 Å². The Hall–Kier alpha value is 0.526. The fraction of sp³-hybridized carbons (Fsp3) is 0. The van der Waals surface area contributed by atoms with Gasteiger partial charge in [-0.05, 0) is 11.5 Å². The second-order valence-electron chi connectivity index (χ2n) is 3.23. The van der Waals surface area contributed by atoms with E-state index in [0.717, 1.165) is 0 Å². The van der Waals surface area contributed by atoms with Gasteiger partial charge in [0.05, 0.1) is 0 Å². The Morgan fingerprint density at radius 3 is 2.24 bits per heavy atom. The van der Waals surface area contributed by atoms with Crippen molar-refractivity contribution in [3.05, 3.63) is 34.8 Å². The van der Waals surface area contributed by atoms with Gasteiger partial charge in [0.15, 0.2) is 0 Å². The molecule has 0 saturated heterocycles. The third kappa shape index (κ3) is 3.10. The van der Waals surface area contributed by atoms with Crippen molar-refractivity contribution in [1.29, 1.82) is 0 Å². The van der Waals surface area contributed by atoms with Crippen LogP contribution in [0.25, 0.3) is 10.8 Å². The molecule has 2 N–H and O–H groups in total. The van der Waals surface area contributed by atoms with Crippen LogP contribution >= 0.6 is 15.9 Å². The molecule has 0 unspecified atom stereocenters. The van der Waals surface area contributed by atoms with E-state index in [0.29, 0.717) is 15.2 Å². The maximum atomic E-state index is 11.0. The first kappa shape index (κ1) is 15.6. The molecular formula is C10H8BrKO4S. The number of benzene rings is 2. The van der Waals surface area contributed by atoms with E-state index in [2.05, 4.69) is 15.9 Å². The Bertz CT molecular complexity index is 675. The van der Waals surface area contributed by atoms with E-state index in [1.807, 2.05) is 0 Å². The van der Waals surface area contributed by atoms with E-state index in [-0.39, 0.29) is 52.8 Å². The van der Waals surface area contributed by atoms with Crippen LogP contribution in [0.2, 0.25) is 0 Å². The summed E-state index contributed by atoms with van der Waals surface area (Å²) in [7, 11) is -4.43. The minimum Gasteiger partial charge on any atom is -1.00 e. The van der Waals surface area contributed by atoms with Gasteiger partial charge in [-0.2, -0.15) is 8.42 Å². The van der Waals surface area contributed by atoms with Gasteiger partial charge in [-0.15, -0.1) is 0 Å². The number of halogens is 1. The smallest absolute Gasteiger partial charge is 1.00 e. The standard InChI is InChI=1S/C10H7BrO4S.K.H/c11-8-5-9(16(13,14)15)10(12)7-4-2-1-3-6(7)8;;/h1-5,12H,(H,13,14,15);;/q;+1;-1. The van der Waals surface area contributed by atoms with E-state index in [9.17, 15) is 13.5 Å². The summed E-state index contributed by atoms with van der Waals surface area (Å²) >= 11 is 3.19. The average molecular weight is 343 g/mol. The zero-order chi connectivity index (χ0) is 11.9. The van der Waals surface area contributed by atoms with Gasteiger partial charge >= 0.3 is 51.4 Å². The molecule has 7 heteroatoms. The summed E-state index contributed by atoms with van der Waals surface area (Å²) in [6.07, 6.45) is 0. The van der Waals surface area contributed by atoms with Crippen LogP contribution in [0.1, 0.15) is 1.43 Å². The molecule has 2 aromatic carbocycles. The summed E-state index contributed by atoms with van der Waals surface area (Å²) in [5.74, 6) is -0.443. The number of phenolic OH excluding ortho intramolecular Hbond substituents is 1. The fourth-order valence-corrected chi connectivity index (χ4v) is 2.84. The Morgan fingerprint density at radius 2 is 1.71 bits per heavy atom. The molecule has 0 saturated carbocycles. The van der Waals surface area contributed by atoms with Crippen molar-refractivity contribution >= 4 is 36.8 Å². The van der Waals surface area contributed by atoms with Crippen molar-refractivity contribution in [2.75, 3.05) is 0 Å². The van der Waals surface area contributed by atoms with Crippen molar-refractivity contribution < 1.29 is 70.9 Å². The maximum absolute atomic E-state index is 11.0. The SMILES string of the molecule is O=S(=O)(O)c1cc(Br)c2ccccc2c1O.[H-].[K+]. The molecule has 2 rings (SSSR count). The molecule has 0 spiro atoms. The van der Waals surface area contributed by atoms with E-state index >= 15 is 0 Å². The normalized spacial score (nSPS) is 11.2. The first-order valence-corrected chi connectivity index (χ1v) is 6.52. The van der Waals surface area contributed by atoms with Crippen LogP contribution in [-0.2, 0) is 10.1 Å². The molecule has 0 amide bonds. The number of rotatable bonds is 1. The molecule has 4 nitrogen and oxygen atoms in total. The maximum Gasteiger partial charge on any atom is 1.00 e. The second-order valence-corrected chi connectivity index (χ2v) is 5.47. The van der Waals surface area contributed by atoms with E-state index in [1.165, 1.54) is 6.07 Å². The van der Waals surface area contributed by atoms with Gasteiger partial charge in [-0.25, -0.2) is 0 Å². The zero-order valence-electron chi connectivity index (χ0n) is 9.88. The van der Waals surface area contributed by atoms with Gasteiger partial charge in [0, 0.05) is 9.86 Å². The largest absolute Gasteiger partial charge is 1.00 e. The summed E-state index contributed by atoms with van der Waals surface area (Å²) in [4.78, 5) is -0.502. The predicted octanol–water partition coefficient (Wildman–Crippen LogP) is -0.329. The zero-order valence-corrected chi connectivity index (χ0v) is 14.4. The van der Waals surface area contributed by atoms with Crippen molar-refractivity contribution in [3.8, 4) is 5.75 Å². The summed E-state index contributed by atoms with van der Waals surface area (Å²) in [6, 6.07) is 7.91. The topological polar surface area (TPSA) is 74.6 Å². The summed E-state index contributed by atoms with van der Waals surface area (Å²) in [5, 5.41) is 10.8. The Kier molecular flexibility index (Phi) is 5.19. The van der Waals surface area contributed by atoms with Crippen molar-refractivity contribution in [1.82, 2.24) is 0 Å². The molecule has 0 aliphatic heterocycles. The number of hydrogen-bond donors (Lipinski definition) is 2. The molecule has 17 heavy (non-hydrogen) atoms. The van der Waals surface area contributed by atoms with Crippen LogP contribution in [-0.4, -0.2) is 18.1 Å². The van der Waals surface area contributed by atoms with Crippen LogP contribution in [0.4, 0.5) is 0 Å². The van der Waals surface area contributed by atoms with Crippen molar-refractivity contribution in [2.24, 2.45) is 0 Å². The third-order valence-electron chi connectivity index (χ3n) is 2.21. The quantitative estimate of drug-likeness (QED) is 0.549. The molecular weight excluding hydrogens is 335 g/mol. The Morgan fingerprint density at radius 1 is 1.18 bits per heavy atom. The van der Waals surface area contributed by atoms with E-state index in [1.54, 1.807) is 24.3 Å². The summed E-state index contributed by atoms with van der Waals surface area (Å²) in [6.45, 7) is 0. The Labute approximate surface area is 151 Å². The van der Waals surface area contributed by atoms with Crippen LogP contribution in [0.5, 0.6) is 5.75 Å². The van der Waals surface area contributed by atoms with Crippen LogP contribution in [0.3, 0.4) is 0 Å². The fourth-order valence-electron chi connectivity index (χ4n) is 1.49. The van der Waals surface area contributed by atoms with Crippen LogP contribution in [0.15, 0.2) is 39.7 Å². The van der Waals surface area contributed by atoms with E-state index in [4.69, 9.17) is 4.55 Å². The van der Waals surface area contributed by atoms with Gasteiger partial charge in [0.25, 0.3) is 10.1 Å². The molecule has 0 aromatic heterocycles. The predicted molar refractivity (Wildman–Crippen MR) is 64.2 cm³/mol. The van der Waals surface area contributed by atoms with Gasteiger partial charge in [-0.1, -0.05) is 40.2 Å². The molecule has 0 fully saturated rings. The first-order chi connectivity index (χ1) is 7.41.